The van der Waals surface area contributed by atoms with E-state index in [2.05, 4.69) is 0 Å². The standard InChI is InChI=1S/C25H27F6NO2/c1-15(2)17-3-5-18(6-4-17)22-11-16(12-23(33)34)9-10-32(22)14-19-13-20(24(26,27)28)7-8-21(19)25(29,30)31/h3-8,13,15-16,22H,9-12,14H2,1-2H3,(H,33,34)/t16-,22+/m1/s1. The van der Waals surface area contributed by atoms with E-state index in [1.54, 1.807) is 4.90 Å². The lowest BCUT2D eigenvalue weighted by Gasteiger charge is -2.40. The average Bonchev–Trinajstić information content (AvgIpc) is 2.73. The maximum Gasteiger partial charge on any atom is 0.416 e. The van der Waals surface area contributed by atoms with Crippen LogP contribution in [0.25, 0.3) is 0 Å². The number of likely N-dealkylation sites (tertiary alicyclic amines) is 1. The lowest BCUT2D eigenvalue weighted by Crippen LogP contribution is -2.37. The van der Waals surface area contributed by atoms with Crippen LogP contribution in [0.15, 0.2) is 42.5 Å². The number of rotatable bonds is 6. The van der Waals surface area contributed by atoms with Gasteiger partial charge in [0.25, 0.3) is 0 Å². The molecule has 1 saturated heterocycles. The van der Waals surface area contributed by atoms with Crippen molar-refractivity contribution < 1.29 is 36.2 Å². The predicted molar refractivity (Wildman–Crippen MR) is 115 cm³/mol. The van der Waals surface area contributed by atoms with Crippen molar-refractivity contribution in [2.75, 3.05) is 6.54 Å². The molecule has 0 bridgehead atoms. The molecule has 1 fully saturated rings. The van der Waals surface area contributed by atoms with Crippen LogP contribution in [0.2, 0.25) is 0 Å². The summed E-state index contributed by atoms with van der Waals surface area (Å²) in [5.41, 5.74) is -0.788. The first-order valence-corrected chi connectivity index (χ1v) is 11.1. The summed E-state index contributed by atoms with van der Waals surface area (Å²) in [5, 5.41) is 9.21. The Bertz CT molecular complexity index is 998. The zero-order valence-electron chi connectivity index (χ0n) is 18.9. The smallest absolute Gasteiger partial charge is 0.416 e. The van der Waals surface area contributed by atoms with Crippen molar-refractivity contribution in [1.82, 2.24) is 4.90 Å². The molecule has 0 saturated carbocycles. The molecule has 2 aromatic carbocycles. The van der Waals surface area contributed by atoms with Gasteiger partial charge in [-0.15, -0.1) is 0 Å². The number of hydrogen-bond donors (Lipinski definition) is 1. The molecule has 34 heavy (non-hydrogen) atoms. The summed E-state index contributed by atoms with van der Waals surface area (Å²) < 4.78 is 80.6. The van der Waals surface area contributed by atoms with Crippen LogP contribution in [0.3, 0.4) is 0 Å². The second-order valence-electron chi connectivity index (χ2n) is 9.16. The van der Waals surface area contributed by atoms with E-state index in [1.807, 2.05) is 38.1 Å². The molecule has 1 heterocycles. The average molecular weight is 487 g/mol. The number of alkyl halides is 6. The van der Waals surface area contributed by atoms with E-state index in [0.29, 0.717) is 31.0 Å². The second-order valence-corrected chi connectivity index (χ2v) is 9.16. The fraction of sp³-hybridized carbons (Fsp3) is 0.480. The predicted octanol–water partition coefficient (Wildman–Crippen LogP) is 7.28. The van der Waals surface area contributed by atoms with Gasteiger partial charge in [0.1, 0.15) is 0 Å². The maximum absolute atomic E-state index is 13.6. The van der Waals surface area contributed by atoms with Crippen molar-refractivity contribution in [3.8, 4) is 0 Å². The Morgan fingerprint density at radius 2 is 1.68 bits per heavy atom. The van der Waals surface area contributed by atoms with Gasteiger partial charge in [-0.05, 0) is 66.1 Å². The number of benzene rings is 2. The Labute approximate surface area is 194 Å². The molecular formula is C25H27F6NO2. The summed E-state index contributed by atoms with van der Waals surface area (Å²) in [5.74, 6) is -0.854. The van der Waals surface area contributed by atoms with E-state index >= 15 is 0 Å². The fourth-order valence-corrected chi connectivity index (χ4v) is 4.55. The molecule has 186 valence electrons. The number of carboxylic acid groups (broad SMARTS) is 1. The Morgan fingerprint density at radius 1 is 1.03 bits per heavy atom. The van der Waals surface area contributed by atoms with Gasteiger partial charge in [0.15, 0.2) is 0 Å². The molecule has 0 aliphatic carbocycles. The molecule has 0 spiro atoms. The van der Waals surface area contributed by atoms with Crippen molar-refractivity contribution in [3.05, 3.63) is 70.3 Å². The second kappa shape index (κ2) is 9.98. The van der Waals surface area contributed by atoms with Crippen LogP contribution in [-0.2, 0) is 23.7 Å². The third kappa shape index (κ3) is 6.31. The molecule has 1 N–H and O–H groups in total. The normalized spacial score (nSPS) is 20.0. The van der Waals surface area contributed by atoms with Gasteiger partial charge in [0.2, 0.25) is 0 Å². The van der Waals surface area contributed by atoms with Crippen molar-refractivity contribution >= 4 is 5.97 Å². The van der Waals surface area contributed by atoms with E-state index in [-0.39, 0.29) is 31.3 Å². The summed E-state index contributed by atoms with van der Waals surface area (Å²) in [6.07, 6.45) is -8.79. The number of hydrogen-bond acceptors (Lipinski definition) is 2. The van der Waals surface area contributed by atoms with Gasteiger partial charge in [-0.25, -0.2) is 0 Å². The van der Waals surface area contributed by atoms with Crippen LogP contribution in [0, 0.1) is 5.92 Å². The first-order valence-electron chi connectivity index (χ1n) is 11.1. The number of aliphatic carboxylic acids is 1. The molecule has 0 amide bonds. The van der Waals surface area contributed by atoms with Crippen molar-refractivity contribution in [2.24, 2.45) is 5.92 Å². The Morgan fingerprint density at radius 3 is 2.21 bits per heavy atom. The zero-order chi connectivity index (χ0) is 25.3. The maximum atomic E-state index is 13.6. The fourth-order valence-electron chi connectivity index (χ4n) is 4.55. The molecule has 1 aliphatic rings. The summed E-state index contributed by atoms with van der Waals surface area (Å²) in [4.78, 5) is 13.0. The Kier molecular flexibility index (Phi) is 7.65. The Hall–Kier alpha value is -2.55. The van der Waals surface area contributed by atoms with Crippen molar-refractivity contribution in [1.29, 1.82) is 0 Å². The van der Waals surface area contributed by atoms with Crippen molar-refractivity contribution in [3.63, 3.8) is 0 Å². The van der Waals surface area contributed by atoms with Crippen LogP contribution < -0.4 is 0 Å². The van der Waals surface area contributed by atoms with Crippen LogP contribution >= 0.6 is 0 Å². The van der Waals surface area contributed by atoms with E-state index in [0.717, 1.165) is 11.1 Å². The highest BCUT2D eigenvalue weighted by molar-refractivity contribution is 5.67. The van der Waals surface area contributed by atoms with E-state index < -0.39 is 41.1 Å². The first-order chi connectivity index (χ1) is 15.8. The quantitative estimate of drug-likeness (QED) is 0.436. The minimum atomic E-state index is -4.80. The third-order valence-electron chi connectivity index (χ3n) is 6.38. The molecule has 1 aliphatic heterocycles. The van der Waals surface area contributed by atoms with Gasteiger partial charge in [0.05, 0.1) is 11.1 Å². The van der Waals surface area contributed by atoms with Gasteiger partial charge < -0.3 is 5.11 Å². The van der Waals surface area contributed by atoms with Gasteiger partial charge in [0, 0.05) is 19.0 Å². The minimum absolute atomic E-state index is 0.0637. The van der Waals surface area contributed by atoms with Gasteiger partial charge in [-0.2, -0.15) is 26.3 Å². The molecule has 9 heteroatoms. The molecule has 3 nitrogen and oxygen atoms in total. The number of nitrogens with zero attached hydrogens (tertiary/aromatic N) is 1. The highest BCUT2D eigenvalue weighted by Crippen LogP contribution is 2.41. The molecule has 0 aromatic heterocycles. The molecule has 0 unspecified atom stereocenters. The molecule has 0 radical (unpaired) electrons. The Balaban J connectivity index is 1.98. The lowest BCUT2D eigenvalue weighted by atomic mass is 9.84. The first kappa shape index (κ1) is 26.1. The van der Waals surface area contributed by atoms with Gasteiger partial charge >= 0.3 is 18.3 Å². The highest BCUT2D eigenvalue weighted by Gasteiger charge is 2.38. The van der Waals surface area contributed by atoms with E-state index in [1.165, 1.54) is 0 Å². The van der Waals surface area contributed by atoms with Crippen LogP contribution in [0.4, 0.5) is 26.3 Å². The number of halogens is 6. The monoisotopic (exact) mass is 487 g/mol. The summed E-state index contributed by atoms with van der Waals surface area (Å²) in [6, 6.07) is 8.68. The molecule has 3 rings (SSSR count). The lowest BCUT2D eigenvalue weighted by molar-refractivity contribution is -0.142. The summed E-state index contributed by atoms with van der Waals surface area (Å²) >= 11 is 0. The van der Waals surface area contributed by atoms with Crippen LogP contribution in [0.1, 0.15) is 72.9 Å². The summed E-state index contributed by atoms with van der Waals surface area (Å²) in [6.45, 7) is 4.01. The van der Waals surface area contributed by atoms with Crippen LogP contribution in [-0.4, -0.2) is 22.5 Å². The van der Waals surface area contributed by atoms with Crippen molar-refractivity contribution in [2.45, 2.75) is 64.0 Å². The van der Waals surface area contributed by atoms with E-state index in [9.17, 15) is 36.2 Å². The number of carboxylic acids is 1. The highest BCUT2D eigenvalue weighted by atomic mass is 19.4. The molecular weight excluding hydrogens is 460 g/mol. The van der Waals surface area contributed by atoms with E-state index in [4.69, 9.17) is 0 Å². The number of piperidine rings is 1. The topological polar surface area (TPSA) is 40.5 Å². The van der Waals surface area contributed by atoms with Gasteiger partial charge in [-0.1, -0.05) is 38.1 Å². The zero-order valence-corrected chi connectivity index (χ0v) is 18.9. The largest absolute Gasteiger partial charge is 0.481 e. The molecule has 2 atom stereocenters. The number of carbonyl (C=O) groups is 1. The van der Waals surface area contributed by atoms with Crippen LogP contribution in [0.5, 0.6) is 0 Å². The molecule has 2 aromatic rings. The summed E-state index contributed by atoms with van der Waals surface area (Å²) in [7, 11) is 0. The van der Waals surface area contributed by atoms with Gasteiger partial charge in [-0.3, -0.25) is 9.69 Å². The third-order valence-corrected chi connectivity index (χ3v) is 6.38. The minimum Gasteiger partial charge on any atom is -0.481 e. The SMILES string of the molecule is CC(C)c1ccc([C@@H]2C[C@H](CC(=O)O)CCN2Cc2cc(C(F)(F)F)ccc2C(F)(F)F)cc1.